The molecule has 0 N–H and O–H groups in total. The largest absolute Gasteiger partial charge is 0.0894 e. The molecular formula is C32H22S2. The third-order valence-electron chi connectivity index (χ3n) is 5.97. The maximum Gasteiger partial charge on any atom is 0.0207 e. The Hall–Kier alpha value is -3.46. The van der Waals surface area contributed by atoms with E-state index in [0.29, 0.717) is 0 Å². The van der Waals surface area contributed by atoms with Crippen molar-refractivity contribution in [3.05, 3.63) is 133 Å². The second-order valence-corrected chi connectivity index (χ2v) is 10.4. The van der Waals surface area contributed by atoms with Crippen LogP contribution in [0.25, 0.3) is 32.7 Å². The molecule has 6 aromatic carbocycles. The molecular weight excluding hydrogens is 448 g/mol. The molecule has 0 unspecified atom stereocenters. The van der Waals surface area contributed by atoms with Crippen LogP contribution in [0.15, 0.2) is 153 Å². The van der Waals surface area contributed by atoms with Gasteiger partial charge in [-0.3, -0.25) is 0 Å². The molecule has 0 aromatic heterocycles. The predicted molar refractivity (Wildman–Crippen MR) is 148 cm³/mol. The number of rotatable bonds is 5. The second-order valence-electron chi connectivity index (χ2n) is 8.15. The van der Waals surface area contributed by atoms with E-state index >= 15 is 0 Å². The molecule has 0 amide bonds. The van der Waals surface area contributed by atoms with Gasteiger partial charge in [-0.1, -0.05) is 121 Å². The van der Waals surface area contributed by atoms with E-state index in [1.807, 2.05) is 23.5 Å². The van der Waals surface area contributed by atoms with Crippen LogP contribution in [0.5, 0.6) is 0 Å². The minimum absolute atomic E-state index is 1.25. The fourth-order valence-electron chi connectivity index (χ4n) is 4.42. The monoisotopic (exact) mass is 470 g/mol. The second kappa shape index (κ2) is 9.42. The van der Waals surface area contributed by atoms with E-state index in [9.17, 15) is 0 Å². The minimum atomic E-state index is 1.25. The van der Waals surface area contributed by atoms with Crippen LogP contribution in [0, 0.1) is 0 Å². The predicted octanol–water partition coefficient (Wildman–Crippen LogP) is 9.96. The number of fused-ring (bicyclic) bond motifs is 2. The molecule has 0 atom stereocenters. The lowest BCUT2D eigenvalue weighted by atomic mass is 9.94. The summed E-state index contributed by atoms with van der Waals surface area (Å²) in [4.78, 5) is 5.04. The lowest BCUT2D eigenvalue weighted by molar-refractivity contribution is 1.38. The van der Waals surface area contributed by atoms with E-state index in [-0.39, 0.29) is 0 Å². The summed E-state index contributed by atoms with van der Waals surface area (Å²) in [7, 11) is 0. The van der Waals surface area contributed by atoms with E-state index in [4.69, 9.17) is 0 Å². The Balaban J connectivity index is 1.66. The summed E-state index contributed by atoms with van der Waals surface area (Å²) >= 11 is 3.68. The van der Waals surface area contributed by atoms with Gasteiger partial charge < -0.3 is 0 Å². The first-order valence-corrected chi connectivity index (χ1v) is 13.0. The summed E-state index contributed by atoms with van der Waals surface area (Å²) in [5.74, 6) is 0. The van der Waals surface area contributed by atoms with Gasteiger partial charge in [-0.25, -0.2) is 0 Å². The van der Waals surface area contributed by atoms with Crippen molar-refractivity contribution in [2.75, 3.05) is 0 Å². The molecule has 0 saturated carbocycles. The van der Waals surface area contributed by atoms with Gasteiger partial charge in [0.1, 0.15) is 0 Å². The zero-order valence-electron chi connectivity index (χ0n) is 18.5. The van der Waals surface area contributed by atoms with Crippen molar-refractivity contribution in [1.29, 1.82) is 0 Å². The Bertz CT molecular complexity index is 1470. The number of benzene rings is 6. The van der Waals surface area contributed by atoms with Crippen LogP contribution in [0.3, 0.4) is 0 Å². The van der Waals surface area contributed by atoms with E-state index in [2.05, 4.69) is 133 Å². The molecule has 34 heavy (non-hydrogen) atoms. The van der Waals surface area contributed by atoms with Crippen molar-refractivity contribution in [1.82, 2.24) is 0 Å². The van der Waals surface area contributed by atoms with E-state index in [0.717, 1.165) is 0 Å². The lowest BCUT2D eigenvalue weighted by Crippen LogP contribution is -1.91. The molecule has 0 heterocycles. The van der Waals surface area contributed by atoms with Gasteiger partial charge in [0, 0.05) is 30.7 Å². The van der Waals surface area contributed by atoms with Gasteiger partial charge in [-0.05, 0) is 57.9 Å². The summed E-state index contributed by atoms with van der Waals surface area (Å²) in [6.07, 6.45) is 0. The fraction of sp³-hybridized carbons (Fsp3) is 0. The van der Waals surface area contributed by atoms with Crippen LogP contribution >= 0.6 is 23.5 Å². The number of hydrogen-bond acceptors (Lipinski definition) is 2. The molecule has 0 aliphatic rings. The standard InChI is InChI=1S/C32H22S2/c1-3-13-25(14-4-1)33-29-21-19-23-11-7-9-17-27(23)31(29)32-28-18-10-8-12-24(28)20-22-30(32)34-26-15-5-2-6-16-26/h1-22H. The first kappa shape index (κ1) is 21.1. The highest BCUT2D eigenvalue weighted by Gasteiger charge is 2.18. The van der Waals surface area contributed by atoms with Gasteiger partial charge >= 0.3 is 0 Å². The molecule has 0 aliphatic carbocycles. The molecule has 6 rings (SSSR count). The zero-order chi connectivity index (χ0) is 22.7. The average Bonchev–Trinajstić information content (AvgIpc) is 2.90. The van der Waals surface area contributed by atoms with Crippen LogP contribution in [0.4, 0.5) is 0 Å². The quantitative estimate of drug-likeness (QED) is 0.246. The highest BCUT2D eigenvalue weighted by Crippen LogP contribution is 2.47. The molecule has 0 bridgehead atoms. The van der Waals surface area contributed by atoms with E-state index < -0.39 is 0 Å². The van der Waals surface area contributed by atoms with Crippen LogP contribution < -0.4 is 0 Å². The third kappa shape index (κ3) is 4.11. The first-order valence-electron chi connectivity index (χ1n) is 11.4. The molecule has 0 aliphatic heterocycles. The SMILES string of the molecule is c1ccc(Sc2ccc3ccccc3c2-c2c(Sc3ccccc3)ccc3ccccc23)cc1. The summed E-state index contributed by atoms with van der Waals surface area (Å²) in [6.45, 7) is 0. The maximum absolute atomic E-state index is 2.29. The Kier molecular flexibility index (Phi) is 5.85. The first-order chi connectivity index (χ1) is 16.9. The molecule has 6 aromatic rings. The molecule has 0 fully saturated rings. The van der Waals surface area contributed by atoms with Gasteiger partial charge in [0.2, 0.25) is 0 Å². The van der Waals surface area contributed by atoms with Crippen molar-refractivity contribution in [3.63, 3.8) is 0 Å². The maximum atomic E-state index is 2.29. The zero-order valence-corrected chi connectivity index (χ0v) is 20.2. The third-order valence-corrected chi connectivity index (χ3v) is 8.11. The van der Waals surface area contributed by atoms with E-state index in [1.165, 1.54) is 52.3 Å². The van der Waals surface area contributed by atoms with Gasteiger partial charge in [-0.15, -0.1) is 0 Å². The molecule has 0 spiro atoms. The Morgan fingerprint density at radius 2 is 0.706 bits per heavy atom. The van der Waals surface area contributed by atoms with Gasteiger partial charge in [0.15, 0.2) is 0 Å². The number of hydrogen-bond donors (Lipinski definition) is 0. The highest BCUT2D eigenvalue weighted by atomic mass is 32.2. The van der Waals surface area contributed by atoms with Gasteiger partial charge in [0.25, 0.3) is 0 Å². The van der Waals surface area contributed by atoms with Gasteiger partial charge in [-0.2, -0.15) is 0 Å². The van der Waals surface area contributed by atoms with E-state index in [1.54, 1.807) is 0 Å². The average molecular weight is 471 g/mol. The van der Waals surface area contributed by atoms with Crippen molar-refractivity contribution in [2.24, 2.45) is 0 Å². The van der Waals surface area contributed by atoms with Gasteiger partial charge in [0.05, 0.1) is 0 Å². The summed E-state index contributed by atoms with van der Waals surface area (Å²) in [5.41, 5.74) is 2.62. The summed E-state index contributed by atoms with van der Waals surface area (Å²) in [6, 6.07) is 47.9. The van der Waals surface area contributed by atoms with Crippen molar-refractivity contribution in [2.45, 2.75) is 19.6 Å². The Morgan fingerprint density at radius 1 is 0.324 bits per heavy atom. The Morgan fingerprint density at radius 3 is 1.15 bits per heavy atom. The van der Waals surface area contributed by atoms with Crippen LogP contribution in [0.1, 0.15) is 0 Å². The van der Waals surface area contributed by atoms with Crippen LogP contribution in [0.2, 0.25) is 0 Å². The molecule has 162 valence electrons. The van der Waals surface area contributed by atoms with Crippen molar-refractivity contribution in [3.8, 4) is 11.1 Å². The van der Waals surface area contributed by atoms with Crippen molar-refractivity contribution < 1.29 is 0 Å². The van der Waals surface area contributed by atoms with Crippen molar-refractivity contribution >= 4 is 45.1 Å². The normalized spacial score (nSPS) is 11.2. The van der Waals surface area contributed by atoms with Crippen LogP contribution in [-0.4, -0.2) is 0 Å². The summed E-state index contributed by atoms with van der Waals surface area (Å²) in [5, 5.41) is 5.10. The molecule has 0 nitrogen and oxygen atoms in total. The fourth-order valence-corrected chi connectivity index (χ4v) is 6.41. The molecule has 2 heteroatoms. The molecule has 0 radical (unpaired) electrons. The highest BCUT2D eigenvalue weighted by molar-refractivity contribution is 8.00. The summed E-state index contributed by atoms with van der Waals surface area (Å²) < 4.78 is 0. The topological polar surface area (TPSA) is 0 Å². The lowest BCUT2D eigenvalue weighted by Gasteiger charge is -2.19. The Labute approximate surface area is 208 Å². The molecule has 0 saturated heterocycles. The van der Waals surface area contributed by atoms with Crippen LogP contribution in [-0.2, 0) is 0 Å². The minimum Gasteiger partial charge on any atom is -0.0894 e. The smallest absolute Gasteiger partial charge is 0.0207 e.